The van der Waals surface area contributed by atoms with Gasteiger partial charge in [0.2, 0.25) is 5.91 Å². The molecule has 0 aromatic carbocycles. The van der Waals surface area contributed by atoms with Gasteiger partial charge in [0.1, 0.15) is 11.8 Å². The first kappa shape index (κ1) is 13.0. The standard InChI is InChI=1S/C12H14N4O3/c1-7-4-5-11(17)16(14-7)9(3)12(18)13-10-6-8(2)19-15-10/h4-6,9H,1-3H3,(H,13,15,18)/t9-/m0/s1. The summed E-state index contributed by atoms with van der Waals surface area (Å²) >= 11 is 0. The maximum atomic E-state index is 12.0. The molecule has 1 amide bonds. The molecule has 0 fully saturated rings. The molecule has 0 saturated carbocycles. The lowest BCUT2D eigenvalue weighted by Crippen LogP contribution is -2.33. The summed E-state index contributed by atoms with van der Waals surface area (Å²) in [6, 6.07) is 3.85. The van der Waals surface area contributed by atoms with Crippen molar-refractivity contribution >= 4 is 11.7 Å². The SMILES string of the molecule is Cc1ccc(=O)n([C@@H](C)C(=O)Nc2cc(C)on2)n1. The summed E-state index contributed by atoms with van der Waals surface area (Å²) in [7, 11) is 0. The van der Waals surface area contributed by atoms with E-state index in [0.29, 0.717) is 17.3 Å². The van der Waals surface area contributed by atoms with Crippen molar-refractivity contribution in [3.63, 3.8) is 0 Å². The number of hydrogen-bond acceptors (Lipinski definition) is 5. The number of carbonyl (C=O) groups excluding carboxylic acids is 1. The summed E-state index contributed by atoms with van der Waals surface area (Å²) in [5.74, 6) is 0.525. The number of hydrogen-bond donors (Lipinski definition) is 1. The van der Waals surface area contributed by atoms with Crippen LogP contribution in [-0.4, -0.2) is 20.8 Å². The van der Waals surface area contributed by atoms with Crippen LogP contribution >= 0.6 is 0 Å². The highest BCUT2D eigenvalue weighted by molar-refractivity contribution is 5.92. The van der Waals surface area contributed by atoms with Gasteiger partial charge in [-0.1, -0.05) is 5.16 Å². The minimum absolute atomic E-state index is 0.315. The Balaban J connectivity index is 2.19. The Labute approximate surface area is 109 Å². The highest BCUT2D eigenvalue weighted by atomic mass is 16.5. The van der Waals surface area contributed by atoms with Crippen LogP contribution in [0, 0.1) is 13.8 Å². The molecule has 2 heterocycles. The molecule has 1 N–H and O–H groups in total. The van der Waals surface area contributed by atoms with E-state index in [0.717, 1.165) is 4.68 Å². The van der Waals surface area contributed by atoms with E-state index in [-0.39, 0.29) is 11.5 Å². The van der Waals surface area contributed by atoms with Crippen molar-refractivity contribution in [1.82, 2.24) is 14.9 Å². The Bertz CT molecular complexity index is 659. The summed E-state index contributed by atoms with van der Waals surface area (Å²) in [6.45, 7) is 5.07. The second-order valence-corrected chi connectivity index (χ2v) is 4.25. The van der Waals surface area contributed by atoms with Gasteiger partial charge in [0, 0.05) is 12.1 Å². The van der Waals surface area contributed by atoms with Crippen LogP contribution in [0.25, 0.3) is 0 Å². The van der Waals surface area contributed by atoms with E-state index >= 15 is 0 Å². The summed E-state index contributed by atoms with van der Waals surface area (Å²) in [4.78, 5) is 23.7. The van der Waals surface area contributed by atoms with Gasteiger partial charge in [-0.05, 0) is 26.8 Å². The smallest absolute Gasteiger partial charge is 0.267 e. The van der Waals surface area contributed by atoms with Crippen molar-refractivity contribution < 1.29 is 9.32 Å². The van der Waals surface area contributed by atoms with Gasteiger partial charge in [-0.2, -0.15) is 5.10 Å². The summed E-state index contributed by atoms with van der Waals surface area (Å²) < 4.78 is 5.98. The number of aromatic nitrogens is 3. The fraction of sp³-hybridized carbons (Fsp3) is 0.333. The van der Waals surface area contributed by atoms with Crippen molar-refractivity contribution in [1.29, 1.82) is 0 Å². The van der Waals surface area contributed by atoms with Crippen molar-refractivity contribution in [3.8, 4) is 0 Å². The minimum Gasteiger partial charge on any atom is -0.360 e. The zero-order chi connectivity index (χ0) is 14.0. The highest BCUT2D eigenvalue weighted by Crippen LogP contribution is 2.10. The monoisotopic (exact) mass is 262 g/mol. The molecule has 7 heteroatoms. The molecule has 0 aliphatic rings. The molecule has 0 aliphatic carbocycles. The number of amides is 1. The maximum Gasteiger partial charge on any atom is 0.267 e. The van der Waals surface area contributed by atoms with Crippen LogP contribution in [0.15, 0.2) is 27.5 Å². The van der Waals surface area contributed by atoms with Gasteiger partial charge >= 0.3 is 0 Å². The van der Waals surface area contributed by atoms with Gasteiger partial charge in [0.25, 0.3) is 5.56 Å². The van der Waals surface area contributed by atoms with Crippen LogP contribution in [0.1, 0.15) is 24.4 Å². The molecule has 0 bridgehead atoms. The molecule has 1 atom stereocenters. The number of rotatable bonds is 3. The number of nitrogens with zero attached hydrogens (tertiary/aromatic N) is 3. The third-order valence-electron chi connectivity index (χ3n) is 2.58. The molecular formula is C12H14N4O3. The van der Waals surface area contributed by atoms with Crippen molar-refractivity contribution in [2.45, 2.75) is 26.8 Å². The summed E-state index contributed by atoms with van der Waals surface area (Å²) in [6.07, 6.45) is 0. The normalized spacial score (nSPS) is 12.2. The second kappa shape index (κ2) is 5.05. The fourth-order valence-electron chi connectivity index (χ4n) is 1.57. The van der Waals surface area contributed by atoms with Crippen LogP contribution in [0.2, 0.25) is 0 Å². The van der Waals surface area contributed by atoms with Crippen LogP contribution in [0.3, 0.4) is 0 Å². The lowest BCUT2D eigenvalue weighted by Gasteiger charge is -2.12. The number of nitrogens with one attached hydrogen (secondary N) is 1. The molecule has 0 spiro atoms. The van der Waals surface area contributed by atoms with Crippen LogP contribution in [0.5, 0.6) is 0 Å². The Kier molecular flexibility index (Phi) is 3.46. The Morgan fingerprint density at radius 2 is 2.16 bits per heavy atom. The predicted molar refractivity (Wildman–Crippen MR) is 67.8 cm³/mol. The summed E-state index contributed by atoms with van der Waals surface area (Å²) in [5, 5.41) is 10.3. The van der Waals surface area contributed by atoms with Gasteiger partial charge in [0.05, 0.1) is 5.69 Å². The molecule has 0 unspecified atom stereocenters. The average molecular weight is 262 g/mol. The third-order valence-corrected chi connectivity index (χ3v) is 2.58. The molecule has 2 aromatic rings. The van der Waals surface area contributed by atoms with Crippen LogP contribution in [0.4, 0.5) is 5.82 Å². The number of anilines is 1. The molecule has 0 radical (unpaired) electrons. The first-order valence-electron chi connectivity index (χ1n) is 5.78. The van der Waals surface area contributed by atoms with Gasteiger partial charge in [-0.15, -0.1) is 0 Å². The molecule has 7 nitrogen and oxygen atoms in total. The minimum atomic E-state index is -0.732. The van der Waals surface area contributed by atoms with Gasteiger partial charge < -0.3 is 9.84 Å². The Morgan fingerprint density at radius 3 is 2.79 bits per heavy atom. The second-order valence-electron chi connectivity index (χ2n) is 4.25. The highest BCUT2D eigenvalue weighted by Gasteiger charge is 2.18. The number of carbonyl (C=O) groups is 1. The van der Waals surface area contributed by atoms with E-state index < -0.39 is 6.04 Å². The average Bonchev–Trinajstić information content (AvgIpc) is 2.77. The first-order valence-corrected chi connectivity index (χ1v) is 5.78. The van der Waals surface area contributed by atoms with E-state index in [9.17, 15) is 9.59 Å². The predicted octanol–water partition coefficient (Wildman–Crippen LogP) is 1.05. The molecule has 19 heavy (non-hydrogen) atoms. The molecule has 0 aliphatic heterocycles. The van der Waals surface area contributed by atoms with Crippen LogP contribution < -0.4 is 10.9 Å². The van der Waals surface area contributed by atoms with Crippen molar-refractivity contribution in [3.05, 3.63) is 40.0 Å². The van der Waals surface area contributed by atoms with Gasteiger partial charge in [-0.3, -0.25) is 9.59 Å². The largest absolute Gasteiger partial charge is 0.360 e. The molecule has 0 saturated heterocycles. The first-order chi connectivity index (χ1) is 8.97. The van der Waals surface area contributed by atoms with E-state index in [4.69, 9.17) is 4.52 Å². The summed E-state index contributed by atoms with van der Waals surface area (Å²) in [5.41, 5.74) is 0.334. The van der Waals surface area contributed by atoms with Gasteiger partial charge in [-0.25, -0.2) is 4.68 Å². The van der Waals surface area contributed by atoms with E-state index in [2.05, 4.69) is 15.6 Å². The lowest BCUT2D eigenvalue weighted by molar-refractivity contribution is -0.119. The zero-order valence-electron chi connectivity index (χ0n) is 10.9. The zero-order valence-corrected chi connectivity index (χ0v) is 10.9. The molecule has 2 rings (SSSR count). The molecule has 100 valence electrons. The van der Waals surface area contributed by atoms with E-state index in [1.54, 1.807) is 32.9 Å². The molecule has 2 aromatic heterocycles. The van der Waals surface area contributed by atoms with E-state index in [1.165, 1.54) is 6.07 Å². The van der Waals surface area contributed by atoms with E-state index in [1.807, 2.05) is 0 Å². The number of aryl methyl sites for hydroxylation is 2. The maximum absolute atomic E-state index is 12.0. The molecular weight excluding hydrogens is 248 g/mol. The van der Waals surface area contributed by atoms with Crippen molar-refractivity contribution in [2.75, 3.05) is 5.32 Å². The Morgan fingerprint density at radius 1 is 1.42 bits per heavy atom. The topological polar surface area (TPSA) is 90.0 Å². The lowest BCUT2D eigenvalue weighted by atomic mass is 10.3. The van der Waals surface area contributed by atoms with Gasteiger partial charge in [0.15, 0.2) is 5.82 Å². The quantitative estimate of drug-likeness (QED) is 0.892. The van der Waals surface area contributed by atoms with Crippen LogP contribution in [-0.2, 0) is 4.79 Å². The fourth-order valence-corrected chi connectivity index (χ4v) is 1.57. The van der Waals surface area contributed by atoms with Crippen molar-refractivity contribution in [2.24, 2.45) is 0 Å². The third kappa shape index (κ3) is 2.87. The Hall–Kier alpha value is -2.44.